The molecule has 5 nitrogen and oxygen atoms in total. The average molecular weight is 289 g/mol. The fraction of sp³-hybridized carbons (Fsp3) is 0.500. The van der Waals surface area contributed by atoms with Crippen LogP contribution in [0.5, 0.6) is 5.75 Å². The first-order valence-electron chi connectivity index (χ1n) is 7.40. The van der Waals surface area contributed by atoms with E-state index in [1.54, 1.807) is 17.0 Å². The Hall–Kier alpha value is -2.04. The van der Waals surface area contributed by atoms with Crippen molar-refractivity contribution in [1.29, 1.82) is 0 Å². The van der Waals surface area contributed by atoms with E-state index in [0.29, 0.717) is 19.5 Å². The normalized spacial score (nSPS) is 24.7. The molecule has 1 amide bonds. The summed E-state index contributed by atoms with van der Waals surface area (Å²) in [7, 11) is 0. The van der Waals surface area contributed by atoms with E-state index in [0.717, 1.165) is 30.4 Å². The number of phenols is 1. The first-order chi connectivity index (χ1) is 10.1. The maximum atomic E-state index is 12.7. The number of benzene rings is 1. The van der Waals surface area contributed by atoms with Gasteiger partial charge in [-0.2, -0.15) is 0 Å². The summed E-state index contributed by atoms with van der Waals surface area (Å²) in [6.07, 6.45) is 2.96. The number of carboxylic acid groups (broad SMARTS) is 1. The van der Waals surface area contributed by atoms with Gasteiger partial charge in [0.15, 0.2) is 0 Å². The molecule has 0 aromatic heterocycles. The van der Waals surface area contributed by atoms with Gasteiger partial charge >= 0.3 is 5.97 Å². The summed E-state index contributed by atoms with van der Waals surface area (Å²) in [6.45, 7) is 0.819. The van der Waals surface area contributed by atoms with Crippen molar-refractivity contribution in [2.45, 2.75) is 31.6 Å². The lowest BCUT2D eigenvalue weighted by Crippen LogP contribution is -2.35. The largest absolute Gasteiger partial charge is 0.508 e. The molecule has 1 aromatic rings. The third-order valence-electron chi connectivity index (χ3n) is 4.63. The highest BCUT2D eigenvalue weighted by molar-refractivity contribution is 5.86. The van der Waals surface area contributed by atoms with Crippen LogP contribution in [0.1, 0.15) is 36.3 Å². The van der Waals surface area contributed by atoms with Crippen molar-refractivity contribution in [1.82, 2.24) is 4.90 Å². The lowest BCUT2D eigenvalue weighted by molar-refractivity contribution is -0.141. The van der Waals surface area contributed by atoms with Crippen molar-refractivity contribution >= 4 is 11.9 Å². The van der Waals surface area contributed by atoms with Crippen molar-refractivity contribution in [2.75, 3.05) is 13.1 Å². The molecule has 112 valence electrons. The fourth-order valence-corrected chi connectivity index (χ4v) is 3.47. The lowest BCUT2D eigenvalue weighted by atomic mass is 9.81. The van der Waals surface area contributed by atoms with Crippen LogP contribution < -0.4 is 0 Å². The van der Waals surface area contributed by atoms with Gasteiger partial charge in [0.05, 0.1) is 11.8 Å². The van der Waals surface area contributed by atoms with Crippen LogP contribution >= 0.6 is 0 Å². The maximum Gasteiger partial charge on any atom is 0.308 e. The highest BCUT2D eigenvalue weighted by Gasteiger charge is 2.36. The first kappa shape index (κ1) is 13.9. The van der Waals surface area contributed by atoms with Gasteiger partial charge in [-0.25, -0.2) is 0 Å². The van der Waals surface area contributed by atoms with Gasteiger partial charge in [0.2, 0.25) is 5.91 Å². The van der Waals surface area contributed by atoms with Gasteiger partial charge in [-0.1, -0.05) is 12.1 Å². The molecule has 1 saturated heterocycles. The minimum atomic E-state index is -0.827. The number of amides is 1. The van der Waals surface area contributed by atoms with Gasteiger partial charge in [-0.3, -0.25) is 9.59 Å². The predicted octanol–water partition coefficient (Wildman–Crippen LogP) is 1.75. The molecule has 2 unspecified atom stereocenters. The SMILES string of the molecule is O=C(O)C1CCN(C(=O)C2CCCc3c(O)cccc32)C1. The molecule has 0 radical (unpaired) electrons. The minimum Gasteiger partial charge on any atom is -0.508 e. The highest BCUT2D eigenvalue weighted by Crippen LogP contribution is 2.37. The van der Waals surface area contributed by atoms with Crippen LogP contribution in [0.15, 0.2) is 18.2 Å². The number of phenolic OH excluding ortho intramolecular Hbond substituents is 1. The number of hydrogen-bond donors (Lipinski definition) is 2. The van der Waals surface area contributed by atoms with Crippen LogP contribution in [-0.2, 0) is 16.0 Å². The van der Waals surface area contributed by atoms with Crippen molar-refractivity contribution in [3.63, 3.8) is 0 Å². The smallest absolute Gasteiger partial charge is 0.308 e. The van der Waals surface area contributed by atoms with Crippen molar-refractivity contribution in [3.05, 3.63) is 29.3 Å². The van der Waals surface area contributed by atoms with Crippen LogP contribution in [0.25, 0.3) is 0 Å². The summed E-state index contributed by atoms with van der Waals surface area (Å²) in [5, 5.41) is 19.0. The van der Waals surface area contributed by atoms with E-state index in [2.05, 4.69) is 0 Å². The fourth-order valence-electron chi connectivity index (χ4n) is 3.47. The average Bonchev–Trinajstić information content (AvgIpc) is 2.96. The Morgan fingerprint density at radius 1 is 1.24 bits per heavy atom. The van der Waals surface area contributed by atoms with Crippen molar-refractivity contribution in [3.8, 4) is 5.75 Å². The Morgan fingerprint density at radius 2 is 2.05 bits per heavy atom. The standard InChI is InChI=1S/C16H19NO4/c18-14-6-2-3-11-12(14)4-1-5-13(11)15(19)17-8-7-10(9-17)16(20)21/h2-3,6,10,13,18H,1,4-5,7-9H2,(H,20,21). The van der Waals surface area contributed by atoms with E-state index in [4.69, 9.17) is 5.11 Å². The van der Waals surface area contributed by atoms with Crippen LogP contribution in [0.2, 0.25) is 0 Å². The van der Waals surface area contributed by atoms with Crippen LogP contribution in [0, 0.1) is 5.92 Å². The van der Waals surface area contributed by atoms with E-state index in [1.165, 1.54) is 0 Å². The highest BCUT2D eigenvalue weighted by atomic mass is 16.4. The first-order valence-corrected chi connectivity index (χ1v) is 7.40. The zero-order valence-electron chi connectivity index (χ0n) is 11.8. The Bertz CT molecular complexity index is 584. The molecule has 1 fully saturated rings. The second kappa shape index (κ2) is 5.39. The monoisotopic (exact) mass is 289 g/mol. The molecule has 1 aliphatic carbocycles. The Labute approximate surface area is 123 Å². The van der Waals surface area contributed by atoms with Gasteiger partial charge in [-0.15, -0.1) is 0 Å². The number of carbonyl (C=O) groups excluding carboxylic acids is 1. The zero-order valence-corrected chi connectivity index (χ0v) is 11.8. The number of likely N-dealkylation sites (tertiary alicyclic amines) is 1. The molecule has 1 aromatic carbocycles. The van der Waals surface area contributed by atoms with E-state index >= 15 is 0 Å². The van der Waals surface area contributed by atoms with Crippen molar-refractivity contribution < 1.29 is 19.8 Å². The molecule has 1 heterocycles. The number of nitrogens with zero attached hydrogens (tertiary/aromatic N) is 1. The number of aromatic hydroxyl groups is 1. The molecule has 5 heteroatoms. The van der Waals surface area contributed by atoms with E-state index in [1.807, 2.05) is 6.07 Å². The van der Waals surface area contributed by atoms with Gasteiger partial charge in [0, 0.05) is 13.1 Å². The molecule has 2 N–H and O–H groups in total. The number of carboxylic acids is 1. The third kappa shape index (κ3) is 2.48. The molecule has 3 rings (SSSR count). The van der Waals surface area contributed by atoms with E-state index < -0.39 is 11.9 Å². The molecule has 0 saturated carbocycles. The lowest BCUT2D eigenvalue weighted by Gasteiger charge is -2.29. The van der Waals surface area contributed by atoms with E-state index in [9.17, 15) is 14.7 Å². The second-order valence-electron chi connectivity index (χ2n) is 5.90. The van der Waals surface area contributed by atoms with Crippen LogP contribution in [0.3, 0.4) is 0 Å². The van der Waals surface area contributed by atoms with Crippen LogP contribution in [-0.4, -0.2) is 40.1 Å². The summed E-state index contributed by atoms with van der Waals surface area (Å²) in [5.41, 5.74) is 1.78. The number of aliphatic carboxylic acids is 1. The molecule has 0 spiro atoms. The zero-order chi connectivity index (χ0) is 15.0. The van der Waals surface area contributed by atoms with Crippen LogP contribution in [0.4, 0.5) is 0 Å². The number of carbonyl (C=O) groups is 2. The van der Waals surface area contributed by atoms with Gasteiger partial charge in [0.25, 0.3) is 0 Å². The Morgan fingerprint density at radius 3 is 2.76 bits per heavy atom. The molecule has 1 aliphatic heterocycles. The second-order valence-corrected chi connectivity index (χ2v) is 5.90. The maximum absolute atomic E-state index is 12.7. The Kier molecular flexibility index (Phi) is 3.57. The number of fused-ring (bicyclic) bond motifs is 1. The third-order valence-corrected chi connectivity index (χ3v) is 4.63. The predicted molar refractivity (Wildman–Crippen MR) is 76.1 cm³/mol. The molecule has 2 atom stereocenters. The van der Waals surface area contributed by atoms with Crippen molar-refractivity contribution in [2.24, 2.45) is 5.92 Å². The van der Waals surface area contributed by atoms with Gasteiger partial charge in [0.1, 0.15) is 5.75 Å². The molecular formula is C16H19NO4. The molecule has 21 heavy (non-hydrogen) atoms. The summed E-state index contributed by atoms with van der Waals surface area (Å²) in [6, 6.07) is 5.33. The quantitative estimate of drug-likeness (QED) is 0.869. The summed E-state index contributed by atoms with van der Waals surface area (Å²) < 4.78 is 0. The van der Waals surface area contributed by atoms with Gasteiger partial charge < -0.3 is 15.1 Å². The molecule has 0 bridgehead atoms. The van der Waals surface area contributed by atoms with Gasteiger partial charge in [-0.05, 0) is 42.9 Å². The summed E-state index contributed by atoms with van der Waals surface area (Å²) in [5.74, 6) is -1.25. The number of rotatable bonds is 2. The number of hydrogen-bond acceptors (Lipinski definition) is 3. The summed E-state index contributed by atoms with van der Waals surface area (Å²) >= 11 is 0. The summed E-state index contributed by atoms with van der Waals surface area (Å²) in [4.78, 5) is 25.4. The Balaban J connectivity index is 1.81. The van der Waals surface area contributed by atoms with E-state index in [-0.39, 0.29) is 17.6 Å². The minimum absolute atomic E-state index is 0.00491. The topological polar surface area (TPSA) is 77.8 Å². The molecule has 2 aliphatic rings. The molecular weight excluding hydrogens is 270 g/mol.